The third-order valence-corrected chi connectivity index (χ3v) is 2.53. The topological polar surface area (TPSA) is 71.2 Å². The smallest absolute Gasteiger partial charge is 0.343 e. The van der Waals surface area contributed by atoms with Gasteiger partial charge in [-0.3, -0.25) is 4.79 Å². The molecule has 0 amide bonds. The molecule has 0 fully saturated rings. The molecular formula is C10H12N2O3. The number of pyridine rings is 1. The maximum atomic E-state index is 11.9. The van der Waals surface area contributed by atoms with Crippen molar-refractivity contribution in [2.24, 2.45) is 0 Å². The Morgan fingerprint density at radius 2 is 2.33 bits per heavy atom. The van der Waals surface area contributed by atoms with Gasteiger partial charge in [0.05, 0.1) is 7.11 Å². The van der Waals surface area contributed by atoms with Crippen LogP contribution in [-0.4, -0.2) is 24.6 Å². The first-order valence-electron chi connectivity index (χ1n) is 4.76. The number of fused-ring (bicyclic) bond motifs is 1. The molecule has 0 atom stereocenters. The number of carbonyl (C=O) groups is 1. The molecule has 15 heavy (non-hydrogen) atoms. The lowest BCUT2D eigenvalue weighted by molar-refractivity contribution is 0.0598. The summed E-state index contributed by atoms with van der Waals surface area (Å²) in [6.45, 7) is 1.36. The second kappa shape index (κ2) is 3.86. The zero-order valence-corrected chi connectivity index (χ0v) is 8.42. The number of H-pyrrole nitrogens is 1. The van der Waals surface area contributed by atoms with E-state index in [1.54, 1.807) is 0 Å². The van der Waals surface area contributed by atoms with Crippen LogP contribution in [0.15, 0.2) is 11.0 Å². The third kappa shape index (κ3) is 1.66. The number of nitrogens with one attached hydrogen (secondary N) is 2. The average Bonchev–Trinajstić information content (AvgIpc) is 2.29. The fourth-order valence-corrected chi connectivity index (χ4v) is 1.71. The molecule has 0 aliphatic carbocycles. The van der Waals surface area contributed by atoms with Gasteiger partial charge in [0.25, 0.3) is 0 Å². The van der Waals surface area contributed by atoms with Gasteiger partial charge in [0.2, 0.25) is 5.43 Å². The molecule has 0 spiro atoms. The van der Waals surface area contributed by atoms with E-state index in [9.17, 15) is 9.59 Å². The molecule has 0 saturated carbocycles. The van der Waals surface area contributed by atoms with Gasteiger partial charge in [-0.05, 0) is 0 Å². The summed E-state index contributed by atoms with van der Waals surface area (Å²) in [5, 5.41) is 3.09. The molecule has 2 rings (SSSR count). The summed E-state index contributed by atoms with van der Waals surface area (Å²) in [6.07, 6.45) is 2.21. The van der Waals surface area contributed by atoms with E-state index in [1.807, 2.05) is 0 Å². The van der Waals surface area contributed by atoms with Crippen LogP contribution in [0.4, 0.5) is 0 Å². The molecule has 1 aliphatic rings. The number of carbonyl (C=O) groups excluding carboxylic acids is 1. The van der Waals surface area contributed by atoms with Crippen molar-refractivity contribution in [2.75, 3.05) is 13.7 Å². The van der Waals surface area contributed by atoms with E-state index in [1.165, 1.54) is 13.3 Å². The number of hydrogen-bond donors (Lipinski definition) is 2. The van der Waals surface area contributed by atoms with Crippen LogP contribution in [-0.2, 0) is 17.7 Å². The van der Waals surface area contributed by atoms with Crippen molar-refractivity contribution < 1.29 is 9.53 Å². The molecular weight excluding hydrogens is 196 g/mol. The minimum atomic E-state index is -0.593. The normalized spacial score (nSPS) is 14.5. The van der Waals surface area contributed by atoms with Crippen molar-refractivity contribution >= 4 is 5.97 Å². The molecule has 5 nitrogen and oxygen atoms in total. The van der Waals surface area contributed by atoms with E-state index in [2.05, 4.69) is 15.0 Å². The first-order chi connectivity index (χ1) is 7.24. The minimum Gasteiger partial charge on any atom is -0.465 e. The molecule has 2 N–H and O–H groups in total. The van der Waals surface area contributed by atoms with Crippen molar-refractivity contribution in [1.29, 1.82) is 0 Å². The first kappa shape index (κ1) is 9.92. The van der Waals surface area contributed by atoms with E-state index in [4.69, 9.17) is 0 Å². The monoisotopic (exact) mass is 208 g/mol. The van der Waals surface area contributed by atoms with E-state index in [0.717, 1.165) is 18.7 Å². The maximum absolute atomic E-state index is 11.9. The molecule has 1 aliphatic heterocycles. The second-order valence-corrected chi connectivity index (χ2v) is 3.41. The Balaban J connectivity index is 2.53. The lowest BCUT2D eigenvalue weighted by Crippen LogP contribution is -2.32. The van der Waals surface area contributed by atoms with E-state index < -0.39 is 5.97 Å². The van der Waals surface area contributed by atoms with Gasteiger partial charge in [0.1, 0.15) is 5.56 Å². The van der Waals surface area contributed by atoms with Gasteiger partial charge in [0, 0.05) is 37.0 Å². The zero-order chi connectivity index (χ0) is 10.8. The number of rotatable bonds is 1. The first-order valence-corrected chi connectivity index (χ1v) is 4.76. The summed E-state index contributed by atoms with van der Waals surface area (Å²) in [7, 11) is 1.26. The molecule has 0 radical (unpaired) electrons. The average molecular weight is 208 g/mol. The summed E-state index contributed by atoms with van der Waals surface area (Å²) in [5.41, 5.74) is 1.39. The van der Waals surface area contributed by atoms with Gasteiger partial charge in [-0.1, -0.05) is 0 Å². The van der Waals surface area contributed by atoms with Crippen LogP contribution < -0.4 is 10.7 Å². The fourth-order valence-electron chi connectivity index (χ4n) is 1.71. The van der Waals surface area contributed by atoms with Gasteiger partial charge in [-0.2, -0.15) is 0 Å². The van der Waals surface area contributed by atoms with Gasteiger partial charge in [-0.25, -0.2) is 4.79 Å². The molecule has 2 heterocycles. The Hall–Kier alpha value is -1.62. The highest BCUT2D eigenvalue weighted by molar-refractivity contribution is 5.89. The molecule has 0 saturated heterocycles. The lowest BCUT2D eigenvalue weighted by atomic mass is 10.0. The van der Waals surface area contributed by atoms with Crippen LogP contribution in [0.3, 0.4) is 0 Å². The standard InChI is InChI=1S/C10H12N2O3/c1-15-10(14)7-5-12-8-2-3-11-4-6(8)9(7)13/h5,11H,2-4H2,1H3,(H,12,13). The highest BCUT2D eigenvalue weighted by Crippen LogP contribution is 2.07. The van der Waals surface area contributed by atoms with Crippen molar-refractivity contribution in [2.45, 2.75) is 13.0 Å². The van der Waals surface area contributed by atoms with Crippen LogP contribution in [0.25, 0.3) is 0 Å². The van der Waals surface area contributed by atoms with E-state index >= 15 is 0 Å². The summed E-state index contributed by atoms with van der Waals surface area (Å²) >= 11 is 0. The Labute approximate surface area is 86.5 Å². The molecule has 80 valence electrons. The number of ether oxygens (including phenoxy) is 1. The van der Waals surface area contributed by atoms with Crippen LogP contribution in [0.2, 0.25) is 0 Å². The molecule has 1 aromatic heterocycles. The van der Waals surface area contributed by atoms with Crippen LogP contribution in [0.5, 0.6) is 0 Å². The third-order valence-electron chi connectivity index (χ3n) is 2.53. The maximum Gasteiger partial charge on any atom is 0.343 e. The molecule has 1 aromatic rings. The lowest BCUT2D eigenvalue weighted by Gasteiger charge is -2.16. The van der Waals surface area contributed by atoms with Crippen LogP contribution in [0.1, 0.15) is 21.6 Å². The summed E-state index contributed by atoms with van der Waals surface area (Å²) in [5.74, 6) is -0.593. The minimum absolute atomic E-state index is 0.0694. The molecule has 5 heteroatoms. The van der Waals surface area contributed by atoms with Crippen molar-refractivity contribution in [1.82, 2.24) is 10.3 Å². The number of methoxy groups -OCH3 is 1. The van der Waals surface area contributed by atoms with E-state index in [0.29, 0.717) is 12.1 Å². The number of hydrogen-bond acceptors (Lipinski definition) is 4. The summed E-state index contributed by atoms with van der Waals surface area (Å²) < 4.78 is 4.53. The number of aromatic nitrogens is 1. The van der Waals surface area contributed by atoms with Gasteiger partial charge < -0.3 is 15.0 Å². The van der Waals surface area contributed by atoms with Gasteiger partial charge >= 0.3 is 5.97 Å². The predicted octanol–water partition coefficient (Wildman–Crippen LogP) is -0.193. The van der Waals surface area contributed by atoms with Crippen molar-refractivity contribution in [3.8, 4) is 0 Å². The highest BCUT2D eigenvalue weighted by Gasteiger charge is 2.18. The van der Waals surface area contributed by atoms with Crippen molar-refractivity contribution in [3.05, 3.63) is 33.2 Å². The van der Waals surface area contributed by atoms with Crippen LogP contribution >= 0.6 is 0 Å². The van der Waals surface area contributed by atoms with Crippen LogP contribution in [0, 0.1) is 0 Å². The summed E-state index contributed by atoms with van der Waals surface area (Å²) in [6, 6.07) is 0. The largest absolute Gasteiger partial charge is 0.465 e. The van der Waals surface area contributed by atoms with Gasteiger partial charge in [-0.15, -0.1) is 0 Å². The molecule has 0 unspecified atom stereocenters. The molecule has 0 bridgehead atoms. The predicted molar refractivity (Wildman–Crippen MR) is 53.8 cm³/mol. The Kier molecular flexibility index (Phi) is 2.55. The Morgan fingerprint density at radius 3 is 3.07 bits per heavy atom. The Morgan fingerprint density at radius 1 is 1.53 bits per heavy atom. The fraction of sp³-hybridized carbons (Fsp3) is 0.400. The second-order valence-electron chi connectivity index (χ2n) is 3.41. The summed E-state index contributed by atoms with van der Waals surface area (Å²) in [4.78, 5) is 26.1. The Bertz CT molecular complexity index is 450. The van der Waals surface area contributed by atoms with E-state index in [-0.39, 0.29) is 11.0 Å². The molecule has 0 aromatic carbocycles. The quantitative estimate of drug-likeness (QED) is 0.627. The zero-order valence-electron chi connectivity index (χ0n) is 8.42. The SMILES string of the molecule is COC(=O)c1c[nH]c2c(c1=O)CNCC2. The van der Waals surface area contributed by atoms with Crippen molar-refractivity contribution in [3.63, 3.8) is 0 Å². The highest BCUT2D eigenvalue weighted by atomic mass is 16.5. The van der Waals surface area contributed by atoms with Gasteiger partial charge in [0.15, 0.2) is 0 Å². The number of esters is 1. The number of aromatic amines is 1.